The van der Waals surface area contributed by atoms with Gasteiger partial charge in [0.2, 0.25) is 0 Å². The van der Waals surface area contributed by atoms with Gasteiger partial charge in [0.05, 0.1) is 0 Å². The molecule has 3 heteroatoms. The number of likely N-dealkylation sites (tertiary alicyclic amines) is 1. The molecule has 2 aliphatic heterocycles. The zero-order chi connectivity index (χ0) is 12.4. The van der Waals surface area contributed by atoms with Crippen LogP contribution in [0.5, 0.6) is 0 Å². The van der Waals surface area contributed by atoms with E-state index in [1.807, 2.05) is 0 Å². The second kappa shape index (κ2) is 5.72. The largest absolute Gasteiger partial charge is 0.312 e. The first-order valence-electron chi connectivity index (χ1n) is 7.05. The van der Waals surface area contributed by atoms with Gasteiger partial charge in [0.1, 0.15) is 0 Å². The van der Waals surface area contributed by atoms with Crippen LogP contribution in [0.15, 0.2) is 28.7 Å². The number of rotatable bonds is 2. The average Bonchev–Trinajstić information content (AvgIpc) is 2.74. The Morgan fingerprint density at radius 1 is 1.28 bits per heavy atom. The predicted molar refractivity (Wildman–Crippen MR) is 78.6 cm³/mol. The summed E-state index contributed by atoms with van der Waals surface area (Å²) in [7, 11) is 0. The Morgan fingerprint density at radius 3 is 3.11 bits per heavy atom. The molecular formula is C15H21BrN2. The van der Waals surface area contributed by atoms with Crippen molar-refractivity contribution in [3.05, 3.63) is 34.3 Å². The van der Waals surface area contributed by atoms with E-state index in [1.54, 1.807) is 0 Å². The number of fused-ring (bicyclic) bond motifs is 1. The fourth-order valence-corrected chi connectivity index (χ4v) is 3.84. The maximum atomic E-state index is 3.67. The van der Waals surface area contributed by atoms with Crippen molar-refractivity contribution in [2.24, 2.45) is 0 Å². The number of nitrogens with one attached hydrogen (secondary N) is 1. The van der Waals surface area contributed by atoms with Gasteiger partial charge in [-0.25, -0.2) is 0 Å². The van der Waals surface area contributed by atoms with Crippen molar-refractivity contribution < 1.29 is 0 Å². The number of halogens is 1. The summed E-state index contributed by atoms with van der Waals surface area (Å²) < 4.78 is 1.19. The van der Waals surface area contributed by atoms with Crippen molar-refractivity contribution in [1.82, 2.24) is 10.2 Å². The van der Waals surface area contributed by atoms with E-state index in [4.69, 9.17) is 0 Å². The molecule has 0 aromatic heterocycles. The molecule has 2 nitrogen and oxygen atoms in total. The van der Waals surface area contributed by atoms with E-state index in [9.17, 15) is 0 Å². The second-order valence-corrected chi connectivity index (χ2v) is 6.43. The summed E-state index contributed by atoms with van der Waals surface area (Å²) in [5, 5.41) is 3.67. The highest BCUT2D eigenvalue weighted by Crippen LogP contribution is 2.25. The Hall–Kier alpha value is -0.380. The summed E-state index contributed by atoms with van der Waals surface area (Å²) in [6.07, 6.45) is 5.41. The van der Waals surface area contributed by atoms with Crippen molar-refractivity contribution in [3.8, 4) is 0 Å². The summed E-state index contributed by atoms with van der Waals surface area (Å²) in [6.45, 7) is 3.56. The molecule has 2 aliphatic rings. The third-order valence-electron chi connectivity index (χ3n) is 4.27. The summed E-state index contributed by atoms with van der Waals surface area (Å²) in [4.78, 5) is 2.69. The lowest BCUT2D eigenvalue weighted by atomic mass is 10.0. The smallest absolute Gasteiger partial charge is 0.0264 e. The molecule has 0 bridgehead atoms. The van der Waals surface area contributed by atoms with Gasteiger partial charge in [-0.1, -0.05) is 34.5 Å². The third kappa shape index (κ3) is 2.79. The number of hydrogen-bond donors (Lipinski definition) is 1. The summed E-state index contributed by atoms with van der Waals surface area (Å²) in [5.41, 5.74) is 1.43. The van der Waals surface area contributed by atoms with Gasteiger partial charge in [-0.05, 0) is 50.0 Å². The first-order valence-corrected chi connectivity index (χ1v) is 7.84. The van der Waals surface area contributed by atoms with E-state index in [0.29, 0.717) is 0 Å². The van der Waals surface area contributed by atoms with E-state index < -0.39 is 0 Å². The summed E-state index contributed by atoms with van der Waals surface area (Å²) >= 11 is 3.57. The Kier molecular flexibility index (Phi) is 4.02. The Labute approximate surface area is 118 Å². The zero-order valence-corrected chi connectivity index (χ0v) is 12.3. The van der Waals surface area contributed by atoms with Crippen molar-refractivity contribution in [3.63, 3.8) is 0 Å². The van der Waals surface area contributed by atoms with Crippen LogP contribution in [-0.2, 0) is 6.54 Å². The van der Waals surface area contributed by atoms with E-state index in [-0.39, 0.29) is 0 Å². The lowest BCUT2D eigenvalue weighted by molar-refractivity contribution is 0.186. The van der Waals surface area contributed by atoms with Gasteiger partial charge < -0.3 is 5.32 Å². The molecule has 0 spiro atoms. The van der Waals surface area contributed by atoms with Crippen LogP contribution in [0.3, 0.4) is 0 Å². The molecule has 1 aromatic carbocycles. The van der Waals surface area contributed by atoms with Gasteiger partial charge >= 0.3 is 0 Å². The standard InChI is InChI=1S/C15H21BrN2/c16-13-5-3-4-12(10-13)11-18-9-2-1-6-14-15(18)7-8-17-14/h3-5,10,14-15,17H,1-2,6-9,11H2/t14-,15-/m1/s1. The lowest BCUT2D eigenvalue weighted by Gasteiger charge is -2.30. The Morgan fingerprint density at radius 2 is 2.22 bits per heavy atom. The second-order valence-electron chi connectivity index (χ2n) is 5.51. The molecule has 2 saturated heterocycles. The molecule has 0 saturated carbocycles. The van der Waals surface area contributed by atoms with Crippen LogP contribution in [0.4, 0.5) is 0 Å². The molecule has 1 N–H and O–H groups in total. The summed E-state index contributed by atoms with van der Waals surface area (Å²) in [5.74, 6) is 0. The van der Waals surface area contributed by atoms with Crippen LogP contribution >= 0.6 is 15.9 Å². The molecule has 0 radical (unpaired) electrons. The van der Waals surface area contributed by atoms with Gasteiger partial charge in [-0.15, -0.1) is 0 Å². The quantitative estimate of drug-likeness (QED) is 0.903. The minimum Gasteiger partial charge on any atom is -0.312 e. The molecule has 3 rings (SSSR count). The SMILES string of the molecule is Brc1cccc(CN2CCCC[C@H]3NCC[C@H]32)c1. The van der Waals surface area contributed by atoms with Crippen LogP contribution in [0.2, 0.25) is 0 Å². The highest BCUT2D eigenvalue weighted by Gasteiger charge is 2.32. The third-order valence-corrected chi connectivity index (χ3v) is 4.76. The minimum absolute atomic E-state index is 0.736. The monoisotopic (exact) mass is 308 g/mol. The van der Waals surface area contributed by atoms with Gasteiger partial charge in [0, 0.05) is 23.1 Å². The molecule has 18 heavy (non-hydrogen) atoms. The first kappa shape index (κ1) is 12.6. The van der Waals surface area contributed by atoms with E-state index in [1.165, 1.54) is 48.8 Å². The fourth-order valence-electron chi connectivity index (χ4n) is 3.40. The molecule has 2 fully saturated rings. The molecule has 2 heterocycles. The zero-order valence-electron chi connectivity index (χ0n) is 10.7. The van der Waals surface area contributed by atoms with Crippen molar-refractivity contribution >= 4 is 15.9 Å². The van der Waals surface area contributed by atoms with E-state index in [2.05, 4.69) is 50.4 Å². The highest BCUT2D eigenvalue weighted by atomic mass is 79.9. The molecular weight excluding hydrogens is 288 g/mol. The molecule has 98 valence electrons. The molecule has 1 aromatic rings. The molecule has 0 aliphatic carbocycles. The number of hydrogen-bond acceptors (Lipinski definition) is 2. The normalized spacial score (nSPS) is 28.9. The van der Waals surface area contributed by atoms with Gasteiger partial charge in [0.25, 0.3) is 0 Å². The topological polar surface area (TPSA) is 15.3 Å². The maximum absolute atomic E-state index is 3.67. The maximum Gasteiger partial charge on any atom is 0.0264 e. The van der Waals surface area contributed by atoms with Crippen molar-refractivity contribution in [2.75, 3.05) is 13.1 Å². The number of benzene rings is 1. The van der Waals surface area contributed by atoms with Crippen LogP contribution in [-0.4, -0.2) is 30.1 Å². The first-order chi connectivity index (χ1) is 8.83. The van der Waals surface area contributed by atoms with Crippen LogP contribution in [0.1, 0.15) is 31.2 Å². The molecule has 0 amide bonds. The van der Waals surface area contributed by atoms with Gasteiger partial charge in [0.15, 0.2) is 0 Å². The van der Waals surface area contributed by atoms with Crippen molar-refractivity contribution in [2.45, 2.75) is 44.3 Å². The van der Waals surface area contributed by atoms with Crippen LogP contribution in [0.25, 0.3) is 0 Å². The van der Waals surface area contributed by atoms with Gasteiger partial charge in [-0.3, -0.25) is 4.90 Å². The predicted octanol–water partition coefficient (Wildman–Crippen LogP) is 3.17. The lowest BCUT2D eigenvalue weighted by Crippen LogP contribution is -2.41. The number of nitrogens with zero attached hydrogens (tertiary/aromatic N) is 1. The molecule has 0 unspecified atom stereocenters. The fraction of sp³-hybridized carbons (Fsp3) is 0.600. The minimum atomic E-state index is 0.736. The van der Waals surface area contributed by atoms with E-state index >= 15 is 0 Å². The van der Waals surface area contributed by atoms with Gasteiger partial charge in [-0.2, -0.15) is 0 Å². The highest BCUT2D eigenvalue weighted by molar-refractivity contribution is 9.10. The Bertz CT molecular complexity index is 407. The van der Waals surface area contributed by atoms with Crippen LogP contribution < -0.4 is 5.32 Å². The Balaban J connectivity index is 1.73. The summed E-state index contributed by atoms with van der Waals surface area (Å²) in [6, 6.07) is 10.2. The van der Waals surface area contributed by atoms with Crippen molar-refractivity contribution in [1.29, 1.82) is 0 Å². The molecule has 2 atom stereocenters. The average molecular weight is 309 g/mol. The van der Waals surface area contributed by atoms with E-state index in [0.717, 1.165) is 18.6 Å². The van der Waals surface area contributed by atoms with Crippen LogP contribution in [0, 0.1) is 0 Å².